The normalized spacial score (nSPS) is 56.8. The molecule has 16 heavy (non-hydrogen) atoms. The lowest BCUT2D eigenvalue weighted by Crippen LogP contribution is -2.53. The minimum atomic E-state index is 0.225. The summed E-state index contributed by atoms with van der Waals surface area (Å²) in [5.74, 6) is 2.76. The smallest absolute Gasteiger partial charge is 0.0688 e. The number of rotatable bonds is 0. The molecule has 1 nitrogen and oxygen atoms in total. The number of hydrogen-bond donors (Lipinski definition) is 0. The van der Waals surface area contributed by atoms with E-state index < -0.39 is 0 Å². The van der Waals surface area contributed by atoms with Crippen molar-refractivity contribution in [3.8, 4) is 0 Å². The Bertz CT molecular complexity index is 287. The van der Waals surface area contributed by atoms with Gasteiger partial charge < -0.3 is 4.74 Å². The molecule has 2 saturated carbocycles. The molecule has 2 aliphatic carbocycles. The summed E-state index contributed by atoms with van der Waals surface area (Å²) >= 11 is 0. The first-order valence-electron chi connectivity index (χ1n) is 7.20. The van der Waals surface area contributed by atoms with Crippen molar-refractivity contribution >= 4 is 0 Å². The van der Waals surface area contributed by atoms with E-state index in [1.165, 1.54) is 38.5 Å². The molecule has 0 aromatic heterocycles. The quantitative estimate of drug-likeness (QED) is 0.601. The predicted molar refractivity (Wildman–Crippen MR) is 66.3 cm³/mol. The van der Waals surface area contributed by atoms with E-state index in [2.05, 4.69) is 20.8 Å². The molecule has 0 aromatic carbocycles. The molecule has 5 atom stereocenters. The minimum Gasteiger partial charge on any atom is -0.375 e. The summed E-state index contributed by atoms with van der Waals surface area (Å²) in [6.07, 6.45) is 8.39. The first kappa shape index (κ1) is 11.1. The van der Waals surface area contributed by atoms with E-state index in [0.29, 0.717) is 5.41 Å². The summed E-state index contributed by atoms with van der Waals surface area (Å²) in [6, 6.07) is 0. The summed E-state index contributed by atoms with van der Waals surface area (Å²) in [4.78, 5) is 0. The van der Waals surface area contributed by atoms with Crippen molar-refractivity contribution in [1.82, 2.24) is 0 Å². The number of hydrogen-bond acceptors (Lipinski definition) is 1. The molecule has 1 unspecified atom stereocenters. The van der Waals surface area contributed by atoms with Gasteiger partial charge in [-0.3, -0.25) is 0 Å². The van der Waals surface area contributed by atoms with Gasteiger partial charge in [0.25, 0.3) is 0 Å². The van der Waals surface area contributed by atoms with Crippen LogP contribution < -0.4 is 0 Å². The first-order chi connectivity index (χ1) is 7.56. The van der Waals surface area contributed by atoms with E-state index in [1.54, 1.807) is 0 Å². The maximum Gasteiger partial charge on any atom is 0.0688 e. The maximum absolute atomic E-state index is 6.09. The van der Waals surface area contributed by atoms with Gasteiger partial charge in [0.2, 0.25) is 0 Å². The van der Waals surface area contributed by atoms with E-state index >= 15 is 0 Å². The average Bonchev–Trinajstić information content (AvgIpc) is 2.61. The fourth-order valence-corrected chi connectivity index (χ4v) is 5.42. The van der Waals surface area contributed by atoms with Crippen molar-refractivity contribution in [3.05, 3.63) is 0 Å². The van der Waals surface area contributed by atoms with Crippen molar-refractivity contribution in [2.45, 2.75) is 64.9 Å². The number of fused-ring (bicyclic) bond motifs is 3. The van der Waals surface area contributed by atoms with Gasteiger partial charge >= 0.3 is 0 Å². The molecule has 0 radical (unpaired) electrons. The standard InChI is InChI=1S/C15H26O/c1-11-5-4-8-14(2)12(11)6-9-15(3)13(14)7-10-16-15/h11-13H,4-10H2,1-3H3/t11-,12?,13+,14-,15+/m0/s1. The highest BCUT2D eigenvalue weighted by Gasteiger charge is 2.57. The van der Waals surface area contributed by atoms with Crippen LogP contribution in [0.5, 0.6) is 0 Å². The first-order valence-corrected chi connectivity index (χ1v) is 7.20. The third kappa shape index (κ3) is 1.33. The Hall–Kier alpha value is -0.0400. The molecule has 0 aromatic rings. The Balaban J connectivity index is 1.94. The lowest BCUT2D eigenvalue weighted by molar-refractivity contribution is -0.127. The highest BCUT2D eigenvalue weighted by molar-refractivity contribution is 5.07. The zero-order chi connectivity index (χ0) is 11.4. The number of ether oxygens (including phenoxy) is 1. The van der Waals surface area contributed by atoms with Gasteiger partial charge in [0.05, 0.1) is 5.60 Å². The summed E-state index contributed by atoms with van der Waals surface area (Å²) < 4.78 is 6.09. The third-order valence-electron chi connectivity index (χ3n) is 6.23. The van der Waals surface area contributed by atoms with Crippen molar-refractivity contribution in [2.75, 3.05) is 6.61 Å². The lowest BCUT2D eigenvalue weighted by Gasteiger charge is -2.57. The Morgan fingerprint density at radius 3 is 2.69 bits per heavy atom. The lowest BCUT2D eigenvalue weighted by atomic mass is 9.49. The molecule has 1 aliphatic heterocycles. The van der Waals surface area contributed by atoms with E-state index in [1.807, 2.05) is 0 Å². The van der Waals surface area contributed by atoms with Crippen LogP contribution in [0, 0.1) is 23.2 Å². The molecule has 1 saturated heterocycles. The van der Waals surface area contributed by atoms with Crippen molar-refractivity contribution in [2.24, 2.45) is 23.2 Å². The minimum absolute atomic E-state index is 0.225. The van der Waals surface area contributed by atoms with Crippen LogP contribution in [0.25, 0.3) is 0 Å². The van der Waals surface area contributed by atoms with Crippen LogP contribution in [-0.4, -0.2) is 12.2 Å². The summed E-state index contributed by atoms with van der Waals surface area (Å²) in [7, 11) is 0. The fraction of sp³-hybridized carbons (Fsp3) is 1.00. The van der Waals surface area contributed by atoms with Crippen LogP contribution in [0.3, 0.4) is 0 Å². The van der Waals surface area contributed by atoms with Crippen LogP contribution in [0.4, 0.5) is 0 Å². The van der Waals surface area contributed by atoms with Crippen LogP contribution in [0.2, 0.25) is 0 Å². The molecule has 0 bridgehead atoms. The predicted octanol–water partition coefficient (Wildman–Crippen LogP) is 4.02. The maximum atomic E-state index is 6.09. The zero-order valence-corrected chi connectivity index (χ0v) is 11.1. The van der Waals surface area contributed by atoms with Gasteiger partial charge in [0.1, 0.15) is 0 Å². The fourth-order valence-electron chi connectivity index (χ4n) is 5.42. The highest BCUT2D eigenvalue weighted by Crippen LogP contribution is 2.61. The molecule has 3 rings (SSSR count). The summed E-state index contributed by atoms with van der Waals surface area (Å²) in [5.41, 5.74) is 0.809. The molecule has 0 N–H and O–H groups in total. The van der Waals surface area contributed by atoms with E-state index in [4.69, 9.17) is 4.74 Å². The second kappa shape index (κ2) is 3.48. The molecule has 92 valence electrons. The SMILES string of the molecule is C[C@H]1CCC[C@@]2(C)C1CC[C@@]1(C)OCC[C@@H]12. The largest absolute Gasteiger partial charge is 0.375 e. The van der Waals surface area contributed by atoms with Crippen LogP contribution in [-0.2, 0) is 4.74 Å². The van der Waals surface area contributed by atoms with Gasteiger partial charge in [-0.15, -0.1) is 0 Å². The molecule has 0 spiro atoms. The molecule has 3 fully saturated rings. The van der Waals surface area contributed by atoms with Crippen molar-refractivity contribution < 1.29 is 4.74 Å². The van der Waals surface area contributed by atoms with E-state index in [-0.39, 0.29) is 5.60 Å². The summed E-state index contributed by atoms with van der Waals surface area (Å²) in [6.45, 7) is 8.45. The molecule has 0 amide bonds. The Morgan fingerprint density at radius 1 is 1.06 bits per heavy atom. The van der Waals surface area contributed by atoms with Crippen molar-refractivity contribution in [3.63, 3.8) is 0 Å². The van der Waals surface area contributed by atoms with Gasteiger partial charge in [0.15, 0.2) is 0 Å². The van der Waals surface area contributed by atoms with E-state index in [0.717, 1.165) is 24.4 Å². The second-order valence-corrected chi connectivity index (χ2v) is 7.02. The van der Waals surface area contributed by atoms with Gasteiger partial charge in [-0.25, -0.2) is 0 Å². The monoisotopic (exact) mass is 222 g/mol. The van der Waals surface area contributed by atoms with Crippen molar-refractivity contribution in [1.29, 1.82) is 0 Å². The van der Waals surface area contributed by atoms with Gasteiger partial charge in [0, 0.05) is 6.61 Å². The molecule has 1 heteroatoms. The molecule has 1 heterocycles. The van der Waals surface area contributed by atoms with Crippen LogP contribution >= 0.6 is 0 Å². The Labute approximate surface area is 99.9 Å². The van der Waals surface area contributed by atoms with Crippen LogP contribution in [0.1, 0.15) is 59.3 Å². The summed E-state index contributed by atoms with van der Waals surface area (Å²) in [5, 5.41) is 0. The van der Waals surface area contributed by atoms with E-state index in [9.17, 15) is 0 Å². The van der Waals surface area contributed by atoms with Crippen LogP contribution in [0.15, 0.2) is 0 Å². The molecular formula is C15H26O. The zero-order valence-electron chi connectivity index (χ0n) is 11.1. The Morgan fingerprint density at radius 2 is 1.88 bits per heavy atom. The van der Waals surface area contributed by atoms with Gasteiger partial charge in [-0.2, -0.15) is 0 Å². The highest BCUT2D eigenvalue weighted by atomic mass is 16.5. The van der Waals surface area contributed by atoms with Gasteiger partial charge in [-0.1, -0.05) is 26.7 Å². The Kier molecular flexibility index (Phi) is 2.41. The van der Waals surface area contributed by atoms with Gasteiger partial charge in [-0.05, 0) is 55.8 Å². The topological polar surface area (TPSA) is 9.23 Å². The third-order valence-corrected chi connectivity index (χ3v) is 6.23. The molecule has 3 aliphatic rings. The second-order valence-electron chi connectivity index (χ2n) is 7.02. The molecular weight excluding hydrogens is 196 g/mol. The average molecular weight is 222 g/mol.